The SMILES string of the molecule is CC(C)C(NC(=O)/C=C/c1cccc([N+](=O)[O-])c1)c1ccc2c(c1)OCCO2. The number of nitro benzene ring substituents is 1. The van der Waals surface area contributed by atoms with Gasteiger partial charge in [-0.15, -0.1) is 0 Å². The maximum atomic E-state index is 12.4. The summed E-state index contributed by atoms with van der Waals surface area (Å²) < 4.78 is 11.2. The molecule has 0 saturated heterocycles. The minimum Gasteiger partial charge on any atom is -0.486 e. The van der Waals surface area contributed by atoms with Crippen LogP contribution in [0.25, 0.3) is 6.08 Å². The molecule has 1 aliphatic rings. The molecule has 146 valence electrons. The van der Waals surface area contributed by atoms with Crippen LogP contribution in [0.3, 0.4) is 0 Å². The molecule has 0 aromatic heterocycles. The number of fused-ring (bicyclic) bond motifs is 1. The fourth-order valence-corrected chi connectivity index (χ4v) is 3.00. The molecule has 1 atom stereocenters. The van der Waals surface area contributed by atoms with Crippen LogP contribution >= 0.6 is 0 Å². The molecule has 2 aromatic rings. The smallest absolute Gasteiger partial charge is 0.270 e. The Bertz CT molecular complexity index is 907. The number of nitrogens with zero attached hydrogens (tertiary/aromatic N) is 1. The van der Waals surface area contributed by atoms with E-state index in [2.05, 4.69) is 5.32 Å². The molecule has 7 nitrogen and oxygen atoms in total. The molecule has 1 amide bonds. The molecule has 1 aliphatic heterocycles. The summed E-state index contributed by atoms with van der Waals surface area (Å²) in [6, 6.07) is 11.6. The van der Waals surface area contributed by atoms with Gasteiger partial charge in [0.15, 0.2) is 11.5 Å². The number of rotatable bonds is 6. The van der Waals surface area contributed by atoms with Crippen LogP contribution in [0, 0.1) is 16.0 Å². The van der Waals surface area contributed by atoms with Crippen molar-refractivity contribution in [2.75, 3.05) is 13.2 Å². The Morgan fingerprint density at radius 3 is 2.61 bits per heavy atom. The van der Waals surface area contributed by atoms with Crippen LogP contribution in [0.5, 0.6) is 11.5 Å². The second kappa shape index (κ2) is 8.56. The predicted octanol–water partition coefficient (Wildman–Crippen LogP) is 3.89. The molecule has 0 saturated carbocycles. The van der Waals surface area contributed by atoms with Crippen molar-refractivity contribution < 1.29 is 19.2 Å². The van der Waals surface area contributed by atoms with E-state index in [9.17, 15) is 14.9 Å². The molecule has 3 rings (SSSR count). The monoisotopic (exact) mass is 382 g/mol. The van der Waals surface area contributed by atoms with Crippen LogP contribution in [0.15, 0.2) is 48.5 Å². The van der Waals surface area contributed by atoms with Crippen LogP contribution in [-0.2, 0) is 4.79 Å². The lowest BCUT2D eigenvalue weighted by Crippen LogP contribution is -2.30. The average Bonchev–Trinajstić information content (AvgIpc) is 2.70. The third-order valence-electron chi connectivity index (χ3n) is 4.40. The van der Waals surface area contributed by atoms with Crippen LogP contribution in [0.2, 0.25) is 0 Å². The minimum atomic E-state index is -0.464. The van der Waals surface area contributed by atoms with E-state index in [4.69, 9.17) is 9.47 Å². The van der Waals surface area contributed by atoms with Gasteiger partial charge in [0.2, 0.25) is 5.91 Å². The first-order valence-corrected chi connectivity index (χ1v) is 9.06. The summed E-state index contributed by atoms with van der Waals surface area (Å²) >= 11 is 0. The fourth-order valence-electron chi connectivity index (χ4n) is 3.00. The highest BCUT2D eigenvalue weighted by molar-refractivity contribution is 5.92. The van der Waals surface area contributed by atoms with Gasteiger partial charge >= 0.3 is 0 Å². The largest absolute Gasteiger partial charge is 0.486 e. The molecule has 1 unspecified atom stereocenters. The Kier molecular flexibility index (Phi) is 5.93. The first kappa shape index (κ1) is 19.4. The number of nitro groups is 1. The van der Waals surface area contributed by atoms with Crippen LogP contribution in [-0.4, -0.2) is 24.0 Å². The van der Waals surface area contributed by atoms with Crippen molar-refractivity contribution >= 4 is 17.7 Å². The van der Waals surface area contributed by atoms with E-state index < -0.39 is 4.92 Å². The molecule has 0 bridgehead atoms. The van der Waals surface area contributed by atoms with Crippen molar-refractivity contribution in [1.29, 1.82) is 0 Å². The number of amides is 1. The van der Waals surface area contributed by atoms with Gasteiger partial charge in [-0.1, -0.05) is 32.0 Å². The fraction of sp³-hybridized carbons (Fsp3) is 0.286. The second-order valence-electron chi connectivity index (χ2n) is 6.82. The zero-order chi connectivity index (χ0) is 20.1. The number of carbonyl (C=O) groups is 1. The van der Waals surface area contributed by atoms with Gasteiger partial charge in [0.25, 0.3) is 5.69 Å². The highest BCUT2D eigenvalue weighted by Gasteiger charge is 2.20. The van der Waals surface area contributed by atoms with E-state index in [1.165, 1.54) is 18.2 Å². The molecule has 7 heteroatoms. The molecule has 0 fully saturated rings. The first-order valence-electron chi connectivity index (χ1n) is 9.06. The van der Waals surface area contributed by atoms with Gasteiger partial charge in [0, 0.05) is 18.2 Å². The lowest BCUT2D eigenvalue weighted by molar-refractivity contribution is -0.384. The summed E-state index contributed by atoms with van der Waals surface area (Å²) in [4.78, 5) is 22.8. The first-order chi connectivity index (χ1) is 13.4. The molecular weight excluding hydrogens is 360 g/mol. The van der Waals surface area contributed by atoms with E-state index in [0.717, 1.165) is 5.56 Å². The van der Waals surface area contributed by atoms with E-state index in [-0.39, 0.29) is 23.6 Å². The van der Waals surface area contributed by atoms with Crippen molar-refractivity contribution in [2.24, 2.45) is 5.92 Å². The quantitative estimate of drug-likeness (QED) is 0.465. The van der Waals surface area contributed by atoms with Gasteiger partial charge in [-0.25, -0.2) is 0 Å². The lowest BCUT2D eigenvalue weighted by Gasteiger charge is -2.25. The summed E-state index contributed by atoms with van der Waals surface area (Å²) in [7, 11) is 0. The molecule has 1 heterocycles. The van der Waals surface area contributed by atoms with Crippen molar-refractivity contribution in [3.63, 3.8) is 0 Å². The number of non-ortho nitro benzene ring substituents is 1. The molecule has 0 spiro atoms. The third kappa shape index (κ3) is 4.68. The molecule has 28 heavy (non-hydrogen) atoms. The van der Waals surface area contributed by atoms with Crippen molar-refractivity contribution in [1.82, 2.24) is 5.32 Å². The van der Waals surface area contributed by atoms with E-state index in [0.29, 0.717) is 30.3 Å². The highest BCUT2D eigenvalue weighted by Crippen LogP contribution is 2.34. The molecule has 1 N–H and O–H groups in total. The summed E-state index contributed by atoms with van der Waals surface area (Å²) in [5, 5.41) is 13.8. The Morgan fingerprint density at radius 1 is 1.14 bits per heavy atom. The highest BCUT2D eigenvalue weighted by atomic mass is 16.6. The topological polar surface area (TPSA) is 90.7 Å². The number of carbonyl (C=O) groups excluding carboxylic acids is 1. The van der Waals surface area contributed by atoms with Crippen molar-refractivity contribution in [2.45, 2.75) is 19.9 Å². The molecule has 0 radical (unpaired) electrons. The maximum absolute atomic E-state index is 12.4. The standard InChI is InChI=1S/C21H22N2O5/c1-14(2)21(16-7-8-18-19(13-16)28-11-10-27-18)22-20(24)9-6-15-4-3-5-17(12-15)23(25)26/h3-9,12-14,21H,10-11H2,1-2H3,(H,22,24)/b9-6+. The average molecular weight is 382 g/mol. The number of nitrogens with one attached hydrogen (secondary N) is 1. The minimum absolute atomic E-state index is 0.0149. The zero-order valence-corrected chi connectivity index (χ0v) is 15.8. The van der Waals surface area contributed by atoms with E-state index >= 15 is 0 Å². The normalized spacial score (nSPS) is 14.1. The van der Waals surface area contributed by atoms with Gasteiger partial charge in [0.1, 0.15) is 13.2 Å². The van der Waals surface area contributed by atoms with Gasteiger partial charge in [0.05, 0.1) is 11.0 Å². The lowest BCUT2D eigenvalue weighted by atomic mass is 9.95. The van der Waals surface area contributed by atoms with Gasteiger partial charge < -0.3 is 14.8 Å². The van der Waals surface area contributed by atoms with E-state index in [1.54, 1.807) is 18.2 Å². The maximum Gasteiger partial charge on any atom is 0.270 e. The zero-order valence-electron chi connectivity index (χ0n) is 15.8. The Hall–Kier alpha value is -3.35. The third-order valence-corrected chi connectivity index (χ3v) is 4.40. The summed E-state index contributed by atoms with van der Waals surface area (Å²) in [5.74, 6) is 1.25. The van der Waals surface area contributed by atoms with Gasteiger partial charge in [-0.05, 0) is 35.3 Å². The summed E-state index contributed by atoms with van der Waals surface area (Å²) in [6.07, 6.45) is 2.94. The van der Waals surface area contributed by atoms with Gasteiger partial charge in [-0.3, -0.25) is 14.9 Å². The summed E-state index contributed by atoms with van der Waals surface area (Å²) in [6.45, 7) is 5.07. The second-order valence-corrected chi connectivity index (χ2v) is 6.82. The van der Waals surface area contributed by atoms with Crippen LogP contribution in [0.4, 0.5) is 5.69 Å². The number of ether oxygens (including phenoxy) is 2. The Labute approximate surface area is 163 Å². The number of benzene rings is 2. The Balaban J connectivity index is 1.73. The van der Waals surface area contributed by atoms with Crippen LogP contribution < -0.4 is 14.8 Å². The summed E-state index contributed by atoms with van der Waals surface area (Å²) in [5.41, 5.74) is 1.50. The molecule has 2 aromatic carbocycles. The van der Waals surface area contributed by atoms with Gasteiger partial charge in [-0.2, -0.15) is 0 Å². The number of hydrogen-bond acceptors (Lipinski definition) is 5. The predicted molar refractivity (Wildman–Crippen MR) is 105 cm³/mol. The van der Waals surface area contributed by atoms with Crippen molar-refractivity contribution in [3.8, 4) is 11.5 Å². The molecule has 0 aliphatic carbocycles. The molecular formula is C21H22N2O5. The van der Waals surface area contributed by atoms with Crippen LogP contribution in [0.1, 0.15) is 31.0 Å². The van der Waals surface area contributed by atoms with E-state index in [1.807, 2.05) is 32.0 Å². The Morgan fingerprint density at radius 2 is 1.89 bits per heavy atom. The van der Waals surface area contributed by atoms with Crippen molar-refractivity contribution in [3.05, 3.63) is 69.8 Å². The number of hydrogen-bond donors (Lipinski definition) is 1.